The average Bonchev–Trinajstić information content (AvgIpc) is 3.34. The lowest BCUT2D eigenvalue weighted by Crippen LogP contribution is -2.12. The van der Waals surface area contributed by atoms with Crippen molar-refractivity contribution in [1.82, 2.24) is 20.1 Å². The normalized spacial score (nSPS) is 11.2. The van der Waals surface area contributed by atoms with Crippen LogP contribution in [0.15, 0.2) is 51.7 Å². The summed E-state index contributed by atoms with van der Waals surface area (Å²) in [5.41, 5.74) is 2.91. The summed E-state index contributed by atoms with van der Waals surface area (Å²) in [4.78, 5) is 25.0. The van der Waals surface area contributed by atoms with Gasteiger partial charge in [0.2, 0.25) is 17.6 Å². The highest BCUT2D eigenvalue weighted by Crippen LogP contribution is 2.24. The molecule has 3 aromatic heterocycles. The number of carbonyl (C=O) groups excluding carboxylic acids is 1. The number of oxazole rings is 1. The number of aromatic nitrogens is 4. The number of amides is 1. The van der Waals surface area contributed by atoms with Gasteiger partial charge in [-0.15, -0.1) is 0 Å². The summed E-state index contributed by atoms with van der Waals surface area (Å²) in [7, 11) is 0. The third-order valence-corrected chi connectivity index (χ3v) is 4.15. The molecule has 0 saturated heterocycles. The number of carbonyl (C=O) groups is 1. The summed E-state index contributed by atoms with van der Waals surface area (Å²) in [5.74, 6) is 1.64. The van der Waals surface area contributed by atoms with Crippen LogP contribution >= 0.6 is 0 Å². The highest BCUT2D eigenvalue weighted by atomic mass is 16.5. The monoisotopic (exact) mass is 377 g/mol. The maximum atomic E-state index is 12.3. The van der Waals surface area contributed by atoms with E-state index in [9.17, 15) is 4.79 Å². The first-order valence-corrected chi connectivity index (χ1v) is 9.02. The van der Waals surface area contributed by atoms with Crippen molar-refractivity contribution in [3.05, 3.63) is 54.5 Å². The van der Waals surface area contributed by atoms with Gasteiger partial charge in [0.25, 0.3) is 0 Å². The van der Waals surface area contributed by atoms with Crippen molar-refractivity contribution in [2.75, 3.05) is 5.32 Å². The Balaban J connectivity index is 1.37. The number of fused-ring (bicyclic) bond motifs is 1. The number of nitrogens with one attached hydrogen (secondary N) is 1. The zero-order valence-electron chi connectivity index (χ0n) is 15.5. The number of hydrogen-bond acceptors (Lipinski definition) is 7. The Morgan fingerprint density at radius 3 is 2.75 bits per heavy atom. The van der Waals surface area contributed by atoms with Crippen LogP contribution in [0.3, 0.4) is 0 Å². The van der Waals surface area contributed by atoms with Crippen molar-refractivity contribution in [3.8, 4) is 11.4 Å². The molecule has 0 radical (unpaired) electrons. The average molecular weight is 377 g/mol. The largest absolute Gasteiger partial charge is 0.440 e. The van der Waals surface area contributed by atoms with Crippen molar-refractivity contribution >= 4 is 22.7 Å². The standard InChI is InChI=1S/C20H19N5O3/c1-12(2)20-23-15-11-14(3-4-16(15)27-20)22-17(26)5-6-18-24-19(25-28-18)13-7-9-21-10-8-13/h3-4,7-12H,5-6H2,1-2H3,(H,22,26). The van der Waals surface area contributed by atoms with Crippen LogP contribution in [0.4, 0.5) is 5.69 Å². The minimum atomic E-state index is -0.143. The molecular weight excluding hydrogens is 358 g/mol. The van der Waals surface area contributed by atoms with Crippen molar-refractivity contribution in [2.24, 2.45) is 0 Å². The minimum absolute atomic E-state index is 0.143. The van der Waals surface area contributed by atoms with E-state index >= 15 is 0 Å². The number of nitrogens with zero attached hydrogens (tertiary/aromatic N) is 4. The van der Waals surface area contributed by atoms with Crippen molar-refractivity contribution in [2.45, 2.75) is 32.6 Å². The number of rotatable bonds is 6. The summed E-state index contributed by atoms with van der Waals surface area (Å²) < 4.78 is 10.9. The highest BCUT2D eigenvalue weighted by molar-refractivity contribution is 5.92. The molecule has 1 aromatic carbocycles. The molecule has 142 valence electrons. The van der Waals surface area contributed by atoms with Gasteiger partial charge in [-0.3, -0.25) is 9.78 Å². The smallest absolute Gasteiger partial charge is 0.227 e. The Hall–Kier alpha value is -3.55. The van der Waals surface area contributed by atoms with E-state index in [1.807, 2.05) is 19.9 Å². The molecule has 0 atom stereocenters. The lowest BCUT2D eigenvalue weighted by Gasteiger charge is -2.03. The van der Waals surface area contributed by atoms with E-state index in [2.05, 4.69) is 25.4 Å². The van der Waals surface area contributed by atoms with Crippen LogP contribution in [0.1, 0.15) is 38.0 Å². The zero-order valence-corrected chi connectivity index (χ0v) is 15.5. The fourth-order valence-electron chi connectivity index (χ4n) is 2.69. The van der Waals surface area contributed by atoms with Gasteiger partial charge in [0.1, 0.15) is 5.52 Å². The first kappa shape index (κ1) is 17.8. The van der Waals surface area contributed by atoms with E-state index in [0.717, 1.165) is 11.1 Å². The summed E-state index contributed by atoms with van der Waals surface area (Å²) in [6, 6.07) is 9.00. The lowest BCUT2D eigenvalue weighted by molar-refractivity contribution is -0.116. The van der Waals surface area contributed by atoms with Gasteiger partial charge in [0, 0.05) is 42.4 Å². The van der Waals surface area contributed by atoms with Gasteiger partial charge in [-0.2, -0.15) is 4.98 Å². The molecule has 0 fully saturated rings. The van der Waals surface area contributed by atoms with Gasteiger partial charge in [0.05, 0.1) is 0 Å². The maximum Gasteiger partial charge on any atom is 0.227 e. The molecule has 8 heteroatoms. The van der Waals surface area contributed by atoms with Crippen LogP contribution in [0.2, 0.25) is 0 Å². The van der Waals surface area contributed by atoms with Crippen LogP contribution in [0, 0.1) is 0 Å². The SMILES string of the molecule is CC(C)c1nc2cc(NC(=O)CCc3nc(-c4ccncc4)no3)ccc2o1. The Bertz CT molecular complexity index is 1100. The Kier molecular flexibility index (Phi) is 4.84. The van der Waals surface area contributed by atoms with E-state index in [0.29, 0.717) is 35.3 Å². The van der Waals surface area contributed by atoms with Gasteiger partial charge in [-0.1, -0.05) is 19.0 Å². The van der Waals surface area contributed by atoms with E-state index in [1.54, 1.807) is 36.7 Å². The molecular formula is C20H19N5O3. The molecule has 8 nitrogen and oxygen atoms in total. The van der Waals surface area contributed by atoms with E-state index in [1.165, 1.54) is 0 Å². The fraction of sp³-hybridized carbons (Fsp3) is 0.250. The predicted molar refractivity (Wildman–Crippen MR) is 103 cm³/mol. The van der Waals surface area contributed by atoms with E-state index in [4.69, 9.17) is 8.94 Å². The predicted octanol–water partition coefficient (Wildman–Crippen LogP) is 3.97. The van der Waals surface area contributed by atoms with Crippen LogP contribution in [0.5, 0.6) is 0 Å². The van der Waals surface area contributed by atoms with E-state index in [-0.39, 0.29) is 18.2 Å². The third-order valence-electron chi connectivity index (χ3n) is 4.15. The number of aryl methyl sites for hydroxylation is 1. The molecule has 1 N–H and O–H groups in total. The molecule has 0 aliphatic heterocycles. The molecule has 0 saturated carbocycles. The van der Waals surface area contributed by atoms with Crippen LogP contribution in [-0.4, -0.2) is 26.0 Å². The first-order valence-electron chi connectivity index (χ1n) is 9.02. The molecule has 1 amide bonds. The summed E-state index contributed by atoms with van der Waals surface area (Å²) >= 11 is 0. The molecule has 0 aliphatic rings. The lowest BCUT2D eigenvalue weighted by atomic mass is 10.2. The minimum Gasteiger partial charge on any atom is -0.440 e. The van der Waals surface area contributed by atoms with Crippen molar-refractivity contribution < 1.29 is 13.7 Å². The van der Waals surface area contributed by atoms with Gasteiger partial charge < -0.3 is 14.3 Å². The molecule has 4 aromatic rings. The number of anilines is 1. The molecule has 3 heterocycles. The maximum absolute atomic E-state index is 12.3. The molecule has 0 spiro atoms. The Labute approximate surface area is 161 Å². The Morgan fingerprint density at radius 1 is 1.14 bits per heavy atom. The van der Waals surface area contributed by atoms with Gasteiger partial charge in [-0.05, 0) is 30.3 Å². The third kappa shape index (κ3) is 3.90. The quantitative estimate of drug-likeness (QED) is 0.542. The second-order valence-electron chi connectivity index (χ2n) is 6.69. The van der Waals surface area contributed by atoms with Gasteiger partial charge >= 0.3 is 0 Å². The second-order valence-corrected chi connectivity index (χ2v) is 6.69. The second kappa shape index (κ2) is 7.59. The highest BCUT2D eigenvalue weighted by Gasteiger charge is 2.13. The topological polar surface area (TPSA) is 107 Å². The first-order chi connectivity index (χ1) is 13.6. The molecule has 0 unspecified atom stereocenters. The van der Waals surface area contributed by atoms with Crippen LogP contribution < -0.4 is 5.32 Å². The fourth-order valence-corrected chi connectivity index (χ4v) is 2.69. The Morgan fingerprint density at radius 2 is 1.96 bits per heavy atom. The van der Waals surface area contributed by atoms with Gasteiger partial charge in [0.15, 0.2) is 11.5 Å². The molecule has 4 rings (SSSR count). The van der Waals surface area contributed by atoms with Crippen molar-refractivity contribution in [1.29, 1.82) is 0 Å². The zero-order chi connectivity index (χ0) is 19.5. The summed E-state index contributed by atoms with van der Waals surface area (Å²) in [6.07, 6.45) is 3.91. The van der Waals surface area contributed by atoms with E-state index < -0.39 is 0 Å². The molecule has 0 aliphatic carbocycles. The molecule has 0 bridgehead atoms. The number of pyridine rings is 1. The summed E-state index contributed by atoms with van der Waals surface area (Å²) in [6.45, 7) is 4.04. The van der Waals surface area contributed by atoms with Crippen LogP contribution in [0.25, 0.3) is 22.5 Å². The molecule has 28 heavy (non-hydrogen) atoms. The van der Waals surface area contributed by atoms with Crippen molar-refractivity contribution in [3.63, 3.8) is 0 Å². The van der Waals surface area contributed by atoms with Gasteiger partial charge in [-0.25, -0.2) is 4.98 Å². The number of benzene rings is 1. The summed E-state index contributed by atoms with van der Waals surface area (Å²) in [5, 5.41) is 6.80. The van der Waals surface area contributed by atoms with Crippen LogP contribution in [-0.2, 0) is 11.2 Å². The number of hydrogen-bond donors (Lipinski definition) is 1.